The van der Waals surface area contributed by atoms with Crippen LogP contribution in [0.5, 0.6) is 5.75 Å². The van der Waals surface area contributed by atoms with Crippen LogP contribution in [0.15, 0.2) is 48.5 Å². The number of para-hydroxylation sites is 1. The van der Waals surface area contributed by atoms with Crippen molar-refractivity contribution in [3.05, 3.63) is 54.3 Å². The summed E-state index contributed by atoms with van der Waals surface area (Å²) < 4.78 is 18.7. The van der Waals surface area contributed by atoms with Gasteiger partial charge in [0.05, 0.1) is 12.8 Å². The number of methoxy groups -OCH3 is 1. The van der Waals surface area contributed by atoms with Crippen molar-refractivity contribution in [1.82, 2.24) is 10.2 Å². The van der Waals surface area contributed by atoms with E-state index >= 15 is 0 Å². The van der Waals surface area contributed by atoms with E-state index in [1.165, 1.54) is 18.2 Å². The first-order chi connectivity index (χ1) is 14.1. The number of nitrogens with zero attached hydrogens (tertiary/aromatic N) is 2. The molecule has 2 N–H and O–H groups in total. The molecule has 3 rings (SSSR count). The van der Waals surface area contributed by atoms with Crippen molar-refractivity contribution in [2.45, 2.75) is 0 Å². The average molecular weight is 400 g/mol. The number of benzene rings is 2. The van der Waals surface area contributed by atoms with Crippen molar-refractivity contribution in [2.24, 2.45) is 0 Å². The van der Waals surface area contributed by atoms with Crippen LogP contribution >= 0.6 is 0 Å². The van der Waals surface area contributed by atoms with Gasteiger partial charge in [-0.05, 0) is 36.4 Å². The molecular formula is C21H25FN4O3. The summed E-state index contributed by atoms with van der Waals surface area (Å²) in [4.78, 5) is 28.3. The van der Waals surface area contributed by atoms with Crippen LogP contribution in [0.1, 0.15) is 0 Å². The molecular weight excluding hydrogens is 375 g/mol. The highest BCUT2D eigenvalue weighted by Crippen LogP contribution is 2.20. The van der Waals surface area contributed by atoms with Crippen LogP contribution in [-0.4, -0.2) is 63.1 Å². The van der Waals surface area contributed by atoms with E-state index in [1.54, 1.807) is 13.2 Å². The van der Waals surface area contributed by atoms with Gasteiger partial charge < -0.3 is 20.3 Å². The highest BCUT2D eigenvalue weighted by Gasteiger charge is 2.19. The summed E-state index contributed by atoms with van der Waals surface area (Å²) in [7, 11) is 1.65. The fourth-order valence-corrected chi connectivity index (χ4v) is 3.17. The minimum Gasteiger partial charge on any atom is -0.497 e. The van der Waals surface area contributed by atoms with E-state index in [4.69, 9.17) is 4.74 Å². The first-order valence-corrected chi connectivity index (χ1v) is 9.52. The summed E-state index contributed by atoms with van der Waals surface area (Å²) in [6.07, 6.45) is 0. The number of ether oxygens (including phenoxy) is 1. The van der Waals surface area contributed by atoms with Crippen LogP contribution in [-0.2, 0) is 9.59 Å². The van der Waals surface area contributed by atoms with Crippen LogP contribution in [0, 0.1) is 5.82 Å². The smallest absolute Gasteiger partial charge is 0.313 e. The summed E-state index contributed by atoms with van der Waals surface area (Å²) in [5.41, 5.74) is 1.14. The van der Waals surface area contributed by atoms with Gasteiger partial charge in [-0.15, -0.1) is 0 Å². The van der Waals surface area contributed by atoms with Crippen molar-refractivity contribution in [1.29, 1.82) is 0 Å². The van der Waals surface area contributed by atoms with Crippen LogP contribution < -0.4 is 20.3 Å². The standard InChI is InChI=1S/C21H25FN4O3/c1-29-17-8-6-16(7-9-17)26-14-12-25(13-15-26)11-10-23-20(27)21(28)24-19-5-3-2-4-18(19)22/h2-9H,10-15H2,1H3,(H,23,27)(H,24,28). The Kier molecular flexibility index (Phi) is 7.02. The Morgan fingerprint density at radius 2 is 1.69 bits per heavy atom. The molecule has 29 heavy (non-hydrogen) atoms. The van der Waals surface area contributed by atoms with E-state index < -0.39 is 17.6 Å². The third-order valence-electron chi connectivity index (χ3n) is 4.85. The number of nitrogens with one attached hydrogen (secondary N) is 2. The van der Waals surface area contributed by atoms with Crippen molar-refractivity contribution >= 4 is 23.2 Å². The molecule has 0 unspecified atom stereocenters. The van der Waals surface area contributed by atoms with Gasteiger partial charge in [0.15, 0.2) is 0 Å². The molecule has 1 aliphatic heterocycles. The molecule has 2 amide bonds. The molecule has 0 radical (unpaired) electrons. The molecule has 2 aromatic carbocycles. The second-order valence-electron chi connectivity index (χ2n) is 6.72. The van der Waals surface area contributed by atoms with Gasteiger partial charge in [0, 0.05) is 45.0 Å². The number of amides is 2. The van der Waals surface area contributed by atoms with Crippen molar-refractivity contribution < 1.29 is 18.7 Å². The molecule has 0 aromatic heterocycles. The number of rotatable bonds is 6. The molecule has 0 spiro atoms. The quantitative estimate of drug-likeness (QED) is 0.723. The lowest BCUT2D eigenvalue weighted by Crippen LogP contribution is -2.49. The molecule has 0 bridgehead atoms. The van der Waals surface area contributed by atoms with Crippen LogP contribution in [0.4, 0.5) is 15.8 Å². The van der Waals surface area contributed by atoms with E-state index in [9.17, 15) is 14.0 Å². The van der Waals surface area contributed by atoms with E-state index in [-0.39, 0.29) is 5.69 Å². The largest absolute Gasteiger partial charge is 0.497 e. The van der Waals surface area contributed by atoms with E-state index in [2.05, 4.69) is 20.4 Å². The lowest BCUT2D eigenvalue weighted by molar-refractivity contribution is -0.136. The molecule has 1 saturated heterocycles. The molecule has 1 heterocycles. The Hall–Kier alpha value is -3.13. The Balaban J connectivity index is 1.37. The number of piperazine rings is 1. The predicted molar refractivity (Wildman–Crippen MR) is 110 cm³/mol. The lowest BCUT2D eigenvalue weighted by atomic mass is 10.2. The Bertz CT molecular complexity index is 836. The first-order valence-electron chi connectivity index (χ1n) is 9.52. The van der Waals surface area contributed by atoms with Gasteiger partial charge >= 0.3 is 11.8 Å². The zero-order valence-electron chi connectivity index (χ0n) is 16.4. The van der Waals surface area contributed by atoms with Gasteiger partial charge in [0.1, 0.15) is 11.6 Å². The maximum Gasteiger partial charge on any atom is 0.313 e. The molecule has 0 atom stereocenters. The third-order valence-corrected chi connectivity index (χ3v) is 4.85. The number of hydrogen-bond acceptors (Lipinski definition) is 5. The predicted octanol–water partition coefficient (Wildman–Crippen LogP) is 1.71. The molecule has 8 heteroatoms. The molecule has 0 saturated carbocycles. The third kappa shape index (κ3) is 5.68. The van der Waals surface area contributed by atoms with Gasteiger partial charge in [-0.2, -0.15) is 0 Å². The highest BCUT2D eigenvalue weighted by atomic mass is 19.1. The van der Waals surface area contributed by atoms with Gasteiger partial charge in [0.2, 0.25) is 0 Å². The molecule has 154 valence electrons. The maximum atomic E-state index is 13.5. The maximum absolute atomic E-state index is 13.5. The number of carbonyl (C=O) groups excluding carboxylic acids is 2. The van der Waals surface area contributed by atoms with Gasteiger partial charge in [-0.1, -0.05) is 12.1 Å². The highest BCUT2D eigenvalue weighted by molar-refractivity contribution is 6.39. The number of carbonyl (C=O) groups is 2. The Morgan fingerprint density at radius 3 is 2.34 bits per heavy atom. The van der Waals surface area contributed by atoms with E-state index in [0.29, 0.717) is 13.1 Å². The molecule has 1 fully saturated rings. The second kappa shape index (κ2) is 9.88. The van der Waals surface area contributed by atoms with E-state index in [0.717, 1.165) is 37.6 Å². The summed E-state index contributed by atoms with van der Waals surface area (Å²) in [6.45, 7) is 4.50. The minimum atomic E-state index is -0.876. The molecule has 2 aromatic rings. The van der Waals surface area contributed by atoms with Crippen molar-refractivity contribution in [3.63, 3.8) is 0 Å². The van der Waals surface area contributed by atoms with Crippen LogP contribution in [0.2, 0.25) is 0 Å². The lowest BCUT2D eigenvalue weighted by Gasteiger charge is -2.36. The first kappa shape index (κ1) is 20.6. The number of anilines is 2. The van der Waals surface area contributed by atoms with Gasteiger partial charge in [-0.25, -0.2) is 4.39 Å². The van der Waals surface area contributed by atoms with Crippen LogP contribution in [0.25, 0.3) is 0 Å². The fourth-order valence-electron chi connectivity index (χ4n) is 3.17. The number of hydrogen-bond donors (Lipinski definition) is 2. The zero-order chi connectivity index (χ0) is 20.6. The molecule has 1 aliphatic rings. The SMILES string of the molecule is COc1ccc(N2CCN(CCNC(=O)C(=O)Nc3ccccc3F)CC2)cc1. The summed E-state index contributed by atoms with van der Waals surface area (Å²) in [6, 6.07) is 13.7. The topological polar surface area (TPSA) is 73.9 Å². The molecule has 0 aliphatic carbocycles. The summed E-state index contributed by atoms with van der Waals surface area (Å²) in [5, 5.41) is 4.86. The molecule has 7 nitrogen and oxygen atoms in total. The second-order valence-corrected chi connectivity index (χ2v) is 6.72. The average Bonchev–Trinajstić information content (AvgIpc) is 2.76. The fraction of sp³-hybridized carbons (Fsp3) is 0.333. The van der Waals surface area contributed by atoms with Gasteiger partial charge in [-0.3, -0.25) is 14.5 Å². The van der Waals surface area contributed by atoms with E-state index in [1.807, 2.05) is 24.3 Å². The van der Waals surface area contributed by atoms with Crippen molar-refractivity contribution in [2.75, 3.05) is 56.6 Å². The minimum absolute atomic E-state index is 0.0118. The van der Waals surface area contributed by atoms with Gasteiger partial charge in [0.25, 0.3) is 0 Å². The van der Waals surface area contributed by atoms with Crippen LogP contribution in [0.3, 0.4) is 0 Å². The summed E-state index contributed by atoms with van der Waals surface area (Å²) in [5.74, 6) is -1.39. The van der Waals surface area contributed by atoms with Crippen molar-refractivity contribution in [3.8, 4) is 5.75 Å². The summed E-state index contributed by atoms with van der Waals surface area (Å²) >= 11 is 0. The normalized spacial score (nSPS) is 14.3. The number of halogens is 1. The Morgan fingerprint density at radius 1 is 1.00 bits per heavy atom. The monoisotopic (exact) mass is 400 g/mol. The zero-order valence-corrected chi connectivity index (χ0v) is 16.4. The Labute approximate surface area is 169 Å².